The second-order valence-electron chi connectivity index (χ2n) is 3.21. The van der Waals surface area contributed by atoms with Crippen molar-refractivity contribution >= 4 is 11.5 Å². The van der Waals surface area contributed by atoms with E-state index >= 15 is 0 Å². The number of hydrogen-bond acceptors (Lipinski definition) is 6. The molecular weight excluding hydrogens is 196 g/mol. The Bertz CT molecular complexity index is 317. The number of ether oxygens (including phenoxy) is 1. The van der Waals surface area contributed by atoms with Gasteiger partial charge in [0.15, 0.2) is 5.82 Å². The Morgan fingerprint density at radius 1 is 1.60 bits per heavy atom. The molecule has 0 saturated heterocycles. The molecule has 0 aromatic carbocycles. The summed E-state index contributed by atoms with van der Waals surface area (Å²) in [7, 11) is 1.50. The average Bonchev–Trinajstić information content (AvgIpc) is 2.20. The summed E-state index contributed by atoms with van der Waals surface area (Å²) in [6.07, 6.45) is 1.66. The van der Waals surface area contributed by atoms with Crippen molar-refractivity contribution in [3.05, 3.63) is 6.33 Å². The van der Waals surface area contributed by atoms with Crippen molar-refractivity contribution in [1.29, 1.82) is 0 Å². The molecule has 6 nitrogen and oxygen atoms in total. The lowest BCUT2D eigenvalue weighted by Crippen LogP contribution is -2.12. The maximum atomic E-state index is 9.07. The third-order valence-electron chi connectivity index (χ3n) is 1.90. The molecule has 1 unspecified atom stereocenters. The maximum absolute atomic E-state index is 9.07. The third-order valence-corrected chi connectivity index (χ3v) is 1.90. The number of nitrogens with one attached hydrogen (secondary N) is 1. The van der Waals surface area contributed by atoms with E-state index < -0.39 is 0 Å². The van der Waals surface area contributed by atoms with Gasteiger partial charge < -0.3 is 20.9 Å². The Morgan fingerprint density at radius 2 is 2.33 bits per heavy atom. The fourth-order valence-electron chi connectivity index (χ4n) is 1.08. The van der Waals surface area contributed by atoms with E-state index in [2.05, 4.69) is 15.3 Å². The van der Waals surface area contributed by atoms with E-state index in [0.29, 0.717) is 30.4 Å². The van der Waals surface area contributed by atoms with Crippen LogP contribution in [0.25, 0.3) is 0 Å². The van der Waals surface area contributed by atoms with Gasteiger partial charge in [0.05, 0.1) is 13.2 Å². The van der Waals surface area contributed by atoms with Crippen molar-refractivity contribution in [2.24, 2.45) is 0 Å². The Kier molecular flexibility index (Phi) is 4.11. The largest absolute Gasteiger partial charge is 0.479 e. The van der Waals surface area contributed by atoms with E-state index in [-0.39, 0.29) is 6.10 Å². The van der Waals surface area contributed by atoms with E-state index in [0.717, 1.165) is 0 Å². The lowest BCUT2D eigenvalue weighted by atomic mass is 10.3. The molecule has 1 atom stereocenters. The van der Waals surface area contributed by atoms with Crippen LogP contribution in [0.3, 0.4) is 0 Å². The van der Waals surface area contributed by atoms with E-state index in [1.54, 1.807) is 6.92 Å². The van der Waals surface area contributed by atoms with Gasteiger partial charge >= 0.3 is 0 Å². The highest BCUT2D eigenvalue weighted by atomic mass is 16.5. The molecule has 0 aliphatic carbocycles. The summed E-state index contributed by atoms with van der Waals surface area (Å²) in [4.78, 5) is 7.83. The molecule has 0 radical (unpaired) electrons. The smallest absolute Gasteiger partial charge is 0.242 e. The highest BCUT2D eigenvalue weighted by Gasteiger charge is 2.07. The van der Waals surface area contributed by atoms with Gasteiger partial charge in [-0.25, -0.2) is 4.98 Å². The molecule has 0 spiro atoms. The highest BCUT2D eigenvalue weighted by molar-refractivity contribution is 5.66. The minimum absolute atomic E-state index is 0.345. The van der Waals surface area contributed by atoms with Crippen molar-refractivity contribution in [3.63, 3.8) is 0 Å². The molecule has 0 bridgehead atoms. The summed E-state index contributed by atoms with van der Waals surface area (Å²) >= 11 is 0. The van der Waals surface area contributed by atoms with Crippen LogP contribution in [0.4, 0.5) is 11.5 Å². The molecule has 1 heterocycles. The molecule has 1 aromatic rings. The summed E-state index contributed by atoms with van der Waals surface area (Å²) in [5.41, 5.74) is 6.12. The molecule has 0 aliphatic heterocycles. The zero-order valence-corrected chi connectivity index (χ0v) is 8.90. The van der Waals surface area contributed by atoms with Gasteiger partial charge in [0, 0.05) is 6.54 Å². The lowest BCUT2D eigenvalue weighted by Gasteiger charge is -2.10. The minimum atomic E-state index is -0.345. The number of aliphatic hydroxyl groups excluding tert-OH is 1. The first kappa shape index (κ1) is 11.5. The number of aromatic nitrogens is 2. The van der Waals surface area contributed by atoms with Crippen molar-refractivity contribution in [3.8, 4) is 5.88 Å². The topological polar surface area (TPSA) is 93.3 Å². The van der Waals surface area contributed by atoms with Gasteiger partial charge in [0.2, 0.25) is 5.88 Å². The van der Waals surface area contributed by atoms with E-state index in [9.17, 15) is 0 Å². The number of anilines is 2. The number of nitrogen functional groups attached to an aromatic ring is 1. The van der Waals surface area contributed by atoms with Crippen molar-refractivity contribution in [2.75, 3.05) is 24.7 Å². The predicted molar refractivity (Wildman–Crippen MR) is 57.8 cm³/mol. The Labute approximate surface area is 88.5 Å². The molecule has 6 heteroatoms. The number of aliphatic hydroxyl groups is 1. The Morgan fingerprint density at radius 3 is 2.93 bits per heavy atom. The second kappa shape index (κ2) is 5.35. The number of hydrogen-bond donors (Lipinski definition) is 3. The zero-order valence-electron chi connectivity index (χ0n) is 8.90. The quantitative estimate of drug-likeness (QED) is 0.647. The summed E-state index contributed by atoms with van der Waals surface area (Å²) < 4.78 is 4.95. The van der Waals surface area contributed by atoms with Gasteiger partial charge in [-0.2, -0.15) is 4.98 Å². The molecule has 0 amide bonds. The van der Waals surface area contributed by atoms with E-state index in [1.807, 2.05) is 0 Å². The monoisotopic (exact) mass is 212 g/mol. The van der Waals surface area contributed by atoms with Crippen LogP contribution < -0.4 is 15.8 Å². The number of nitrogens with zero attached hydrogens (tertiary/aromatic N) is 2. The van der Waals surface area contributed by atoms with Gasteiger partial charge in [-0.15, -0.1) is 0 Å². The van der Waals surface area contributed by atoms with Crippen molar-refractivity contribution in [1.82, 2.24) is 9.97 Å². The van der Waals surface area contributed by atoms with Crippen LogP contribution in [-0.4, -0.2) is 34.8 Å². The number of methoxy groups -OCH3 is 1. The van der Waals surface area contributed by atoms with Crippen molar-refractivity contribution in [2.45, 2.75) is 19.4 Å². The molecule has 1 rings (SSSR count). The molecule has 0 aliphatic rings. The number of nitrogens with two attached hydrogens (primary N) is 1. The summed E-state index contributed by atoms with van der Waals surface area (Å²) in [5, 5.41) is 12.1. The van der Waals surface area contributed by atoms with E-state index in [1.165, 1.54) is 13.4 Å². The fourth-order valence-corrected chi connectivity index (χ4v) is 1.08. The first-order valence-electron chi connectivity index (χ1n) is 4.71. The van der Waals surface area contributed by atoms with Gasteiger partial charge in [-0.3, -0.25) is 0 Å². The minimum Gasteiger partial charge on any atom is -0.479 e. The molecule has 4 N–H and O–H groups in total. The normalized spacial score (nSPS) is 12.2. The first-order valence-corrected chi connectivity index (χ1v) is 4.71. The SMILES string of the molecule is COc1ncnc(NCCC(C)O)c1N. The summed E-state index contributed by atoms with van der Waals surface area (Å²) in [6, 6.07) is 0. The average molecular weight is 212 g/mol. The van der Waals surface area contributed by atoms with Gasteiger partial charge in [-0.05, 0) is 13.3 Å². The first-order chi connectivity index (χ1) is 7.15. The Hall–Kier alpha value is -1.56. The van der Waals surface area contributed by atoms with Crippen LogP contribution in [0.1, 0.15) is 13.3 Å². The highest BCUT2D eigenvalue weighted by Crippen LogP contribution is 2.23. The number of rotatable bonds is 5. The van der Waals surface area contributed by atoms with Gasteiger partial charge in [-0.1, -0.05) is 0 Å². The van der Waals surface area contributed by atoms with Gasteiger partial charge in [0.1, 0.15) is 12.0 Å². The molecular formula is C9H16N4O2. The van der Waals surface area contributed by atoms with Crippen LogP contribution in [0, 0.1) is 0 Å². The standard InChI is InChI=1S/C9H16N4O2/c1-6(14)3-4-11-8-7(10)9(15-2)13-5-12-8/h5-6,14H,3-4,10H2,1-2H3,(H,11,12,13). The van der Waals surface area contributed by atoms with E-state index in [4.69, 9.17) is 15.6 Å². The van der Waals surface area contributed by atoms with Crippen LogP contribution in [0.15, 0.2) is 6.33 Å². The van der Waals surface area contributed by atoms with Crippen LogP contribution in [0.5, 0.6) is 5.88 Å². The summed E-state index contributed by atoms with van der Waals surface area (Å²) in [6.45, 7) is 2.33. The van der Waals surface area contributed by atoms with Gasteiger partial charge in [0.25, 0.3) is 0 Å². The second-order valence-corrected chi connectivity index (χ2v) is 3.21. The lowest BCUT2D eigenvalue weighted by molar-refractivity contribution is 0.188. The molecule has 0 fully saturated rings. The molecule has 84 valence electrons. The van der Waals surface area contributed by atoms with Crippen molar-refractivity contribution < 1.29 is 9.84 Å². The maximum Gasteiger partial charge on any atom is 0.242 e. The van der Waals surface area contributed by atoms with Crippen LogP contribution in [0.2, 0.25) is 0 Å². The third kappa shape index (κ3) is 3.25. The van der Waals surface area contributed by atoms with Crippen LogP contribution >= 0.6 is 0 Å². The zero-order chi connectivity index (χ0) is 11.3. The Balaban J connectivity index is 2.61. The summed E-state index contributed by atoms with van der Waals surface area (Å²) in [5.74, 6) is 0.882. The van der Waals surface area contributed by atoms with Crippen LogP contribution in [-0.2, 0) is 0 Å². The molecule has 1 aromatic heterocycles. The predicted octanol–water partition coefficient (Wildman–Crippen LogP) is 0.250. The molecule has 0 saturated carbocycles. The fraction of sp³-hybridized carbons (Fsp3) is 0.556. The molecule has 15 heavy (non-hydrogen) atoms.